The second-order valence-electron chi connectivity index (χ2n) is 5.96. The maximum Gasteiger partial charge on any atom is 0.263 e. The number of carbonyl (C=O) groups is 2. The molecule has 0 aliphatic heterocycles. The zero-order chi connectivity index (χ0) is 15.1. The van der Waals surface area contributed by atoms with Crippen molar-refractivity contribution >= 4 is 33.8 Å². The van der Waals surface area contributed by atoms with Crippen LogP contribution in [0.5, 0.6) is 0 Å². The van der Waals surface area contributed by atoms with Gasteiger partial charge in [-0.25, -0.2) is 0 Å². The number of nitrogens with zero attached hydrogens (tertiary/aromatic N) is 1. The van der Waals surface area contributed by atoms with Crippen molar-refractivity contribution in [3.63, 3.8) is 0 Å². The van der Waals surface area contributed by atoms with E-state index in [9.17, 15) is 9.59 Å². The zero-order valence-electron chi connectivity index (χ0n) is 12.0. The molecule has 2 saturated carbocycles. The molecule has 0 aromatic carbocycles. The van der Waals surface area contributed by atoms with Crippen LogP contribution in [0.1, 0.15) is 45.7 Å². The van der Waals surface area contributed by atoms with Crippen LogP contribution in [-0.4, -0.2) is 31.4 Å². The van der Waals surface area contributed by atoms with Crippen LogP contribution in [0.4, 0.5) is 10.7 Å². The highest BCUT2D eigenvalue weighted by Gasteiger charge is 2.31. The molecule has 1 aromatic rings. The van der Waals surface area contributed by atoms with Gasteiger partial charge in [0.1, 0.15) is 9.88 Å². The van der Waals surface area contributed by atoms with E-state index in [1.807, 2.05) is 11.9 Å². The predicted molar refractivity (Wildman–Crippen MR) is 83.7 cm³/mol. The Bertz CT molecular complexity index is 590. The molecule has 3 rings (SSSR count). The second kappa shape index (κ2) is 5.22. The van der Waals surface area contributed by atoms with E-state index in [1.165, 1.54) is 24.2 Å². The van der Waals surface area contributed by atoms with Crippen LogP contribution < -0.4 is 21.7 Å². The van der Waals surface area contributed by atoms with Gasteiger partial charge in [0.05, 0.1) is 11.3 Å². The van der Waals surface area contributed by atoms with Gasteiger partial charge in [0, 0.05) is 19.6 Å². The lowest BCUT2D eigenvalue weighted by atomic mass is 10.2. The SMILES string of the molecule is CN(CC1CC1)c1sc(C(=O)NC2CC2)c(N)c1C(N)=O. The van der Waals surface area contributed by atoms with E-state index in [4.69, 9.17) is 11.5 Å². The van der Waals surface area contributed by atoms with Gasteiger partial charge in [0.25, 0.3) is 11.8 Å². The molecule has 5 N–H and O–H groups in total. The fourth-order valence-corrected chi connectivity index (χ4v) is 3.46. The summed E-state index contributed by atoms with van der Waals surface area (Å²) in [6.45, 7) is 0.865. The molecule has 1 aromatic heterocycles. The lowest BCUT2D eigenvalue weighted by molar-refractivity contribution is 0.0955. The highest BCUT2D eigenvalue weighted by atomic mass is 32.1. The largest absolute Gasteiger partial charge is 0.397 e. The molecular weight excluding hydrogens is 288 g/mol. The van der Waals surface area contributed by atoms with Crippen LogP contribution in [0, 0.1) is 5.92 Å². The van der Waals surface area contributed by atoms with Crippen molar-refractivity contribution in [3.8, 4) is 0 Å². The maximum absolute atomic E-state index is 12.2. The standard InChI is InChI=1S/C14H20N4O2S/c1-18(6-7-2-3-7)14-9(12(16)19)10(15)11(21-14)13(20)17-8-4-5-8/h7-8H,2-6,15H2,1H3,(H2,16,19)(H,17,20). The maximum atomic E-state index is 12.2. The number of hydrogen-bond acceptors (Lipinski definition) is 5. The first kappa shape index (κ1) is 14.2. The summed E-state index contributed by atoms with van der Waals surface area (Å²) in [7, 11) is 1.92. The number of carbonyl (C=O) groups excluding carboxylic acids is 2. The summed E-state index contributed by atoms with van der Waals surface area (Å²) < 4.78 is 0. The number of hydrogen-bond donors (Lipinski definition) is 3. The van der Waals surface area contributed by atoms with Crippen LogP contribution in [0.25, 0.3) is 0 Å². The first-order chi connectivity index (χ1) is 9.97. The predicted octanol–water partition coefficient (Wildman–Crippen LogP) is 1.17. The number of nitrogens with two attached hydrogens (primary N) is 2. The van der Waals surface area contributed by atoms with Crippen molar-refractivity contribution in [2.24, 2.45) is 11.7 Å². The minimum Gasteiger partial charge on any atom is -0.397 e. The molecule has 2 amide bonds. The van der Waals surface area contributed by atoms with E-state index in [0.717, 1.165) is 19.4 Å². The minimum absolute atomic E-state index is 0.200. The molecule has 0 radical (unpaired) electrons. The van der Waals surface area contributed by atoms with Crippen LogP contribution in [-0.2, 0) is 0 Å². The highest BCUT2D eigenvalue weighted by Crippen LogP contribution is 2.40. The smallest absolute Gasteiger partial charge is 0.263 e. The van der Waals surface area contributed by atoms with Gasteiger partial charge in [0.2, 0.25) is 0 Å². The third kappa shape index (κ3) is 2.97. The van der Waals surface area contributed by atoms with Crippen molar-refractivity contribution in [1.29, 1.82) is 0 Å². The normalized spacial score (nSPS) is 17.6. The molecule has 7 heteroatoms. The molecule has 0 spiro atoms. The first-order valence-electron chi connectivity index (χ1n) is 7.21. The summed E-state index contributed by atoms with van der Waals surface area (Å²) in [6.07, 6.45) is 4.44. The number of anilines is 2. The second-order valence-corrected chi connectivity index (χ2v) is 6.96. The minimum atomic E-state index is -0.577. The number of nitrogens with one attached hydrogen (secondary N) is 1. The summed E-state index contributed by atoms with van der Waals surface area (Å²) in [5.41, 5.74) is 12.0. The fraction of sp³-hybridized carbons (Fsp3) is 0.571. The summed E-state index contributed by atoms with van der Waals surface area (Å²) in [5, 5.41) is 3.61. The Hall–Kier alpha value is -1.76. The Morgan fingerprint density at radius 2 is 2.00 bits per heavy atom. The van der Waals surface area contributed by atoms with E-state index in [0.29, 0.717) is 15.8 Å². The van der Waals surface area contributed by atoms with Gasteiger partial charge in [-0.3, -0.25) is 9.59 Å². The quantitative estimate of drug-likeness (QED) is 0.734. The Balaban J connectivity index is 1.89. The average Bonchev–Trinajstić information content (AvgIpc) is 3.31. The number of nitrogen functional groups attached to an aromatic ring is 1. The van der Waals surface area contributed by atoms with Gasteiger partial charge >= 0.3 is 0 Å². The molecule has 0 bridgehead atoms. The van der Waals surface area contributed by atoms with Crippen LogP contribution >= 0.6 is 11.3 Å². The van der Waals surface area contributed by atoms with E-state index in [1.54, 1.807) is 0 Å². The first-order valence-corrected chi connectivity index (χ1v) is 8.03. The average molecular weight is 308 g/mol. The Morgan fingerprint density at radius 1 is 1.33 bits per heavy atom. The van der Waals surface area contributed by atoms with E-state index in [2.05, 4.69) is 5.32 Å². The fourth-order valence-electron chi connectivity index (χ4n) is 2.36. The third-order valence-electron chi connectivity index (χ3n) is 3.87. The Morgan fingerprint density at radius 3 is 2.52 bits per heavy atom. The molecular formula is C14H20N4O2S. The van der Waals surface area contributed by atoms with Gasteiger partial charge in [-0.15, -0.1) is 11.3 Å². The molecule has 2 fully saturated rings. The molecule has 2 aliphatic carbocycles. The lowest BCUT2D eigenvalue weighted by Gasteiger charge is -2.18. The zero-order valence-corrected chi connectivity index (χ0v) is 12.8. The van der Waals surface area contributed by atoms with Gasteiger partial charge in [-0.1, -0.05) is 0 Å². The Labute approximate surface area is 127 Å². The summed E-state index contributed by atoms with van der Waals surface area (Å²) in [4.78, 5) is 26.3. The lowest BCUT2D eigenvalue weighted by Crippen LogP contribution is -2.25. The molecule has 21 heavy (non-hydrogen) atoms. The van der Waals surface area contributed by atoms with Crippen molar-refractivity contribution in [2.75, 3.05) is 24.2 Å². The van der Waals surface area contributed by atoms with Gasteiger partial charge in [-0.05, 0) is 31.6 Å². The Kier molecular flexibility index (Phi) is 3.52. The number of amides is 2. The van der Waals surface area contributed by atoms with E-state index >= 15 is 0 Å². The third-order valence-corrected chi connectivity index (χ3v) is 5.19. The molecule has 0 saturated heterocycles. The molecule has 0 atom stereocenters. The number of thiophene rings is 1. The monoisotopic (exact) mass is 308 g/mol. The molecule has 1 heterocycles. The summed E-state index contributed by atoms with van der Waals surface area (Å²) >= 11 is 1.26. The van der Waals surface area contributed by atoms with Crippen molar-refractivity contribution in [2.45, 2.75) is 31.7 Å². The van der Waals surface area contributed by atoms with Gasteiger partial charge < -0.3 is 21.7 Å². The van der Waals surface area contributed by atoms with Crippen molar-refractivity contribution in [1.82, 2.24) is 5.32 Å². The van der Waals surface area contributed by atoms with Gasteiger partial charge in [0.15, 0.2) is 0 Å². The molecule has 0 unspecified atom stereocenters. The van der Waals surface area contributed by atoms with Crippen molar-refractivity contribution < 1.29 is 9.59 Å². The van der Waals surface area contributed by atoms with Crippen LogP contribution in [0.3, 0.4) is 0 Å². The highest BCUT2D eigenvalue weighted by molar-refractivity contribution is 7.19. The van der Waals surface area contributed by atoms with Crippen LogP contribution in [0.15, 0.2) is 0 Å². The number of rotatable bonds is 6. The summed E-state index contributed by atoms with van der Waals surface area (Å²) in [5.74, 6) is -0.108. The van der Waals surface area contributed by atoms with Crippen LogP contribution in [0.2, 0.25) is 0 Å². The van der Waals surface area contributed by atoms with Crippen molar-refractivity contribution in [3.05, 3.63) is 10.4 Å². The molecule has 114 valence electrons. The van der Waals surface area contributed by atoms with Gasteiger partial charge in [-0.2, -0.15) is 0 Å². The van der Waals surface area contributed by atoms with E-state index in [-0.39, 0.29) is 23.2 Å². The summed E-state index contributed by atoms with van der Waals surface area (Å²) in [6, 6.07) is 0.253. The molecule has 2 aliphatic rings. The number of primary amides is 1. The topological polar surface area (TPSA) is 101 Å². The van der Waals surface area contributed by atoms with E-state index < -0.39 is 5.91 Å². The molecule has 6 nitrogen and oxygen atoms in total.